The summed E-state index contributed by atoms with van der Waals surface area (Å²) >= 11 is 1.92. The largest absolute Gasteiger partial charge is 0.346 e. The number of hydrogen-bond donors (Lipinski definition) is 1. The summed E-state index contributed by atoms with van der Waals surface area (Å²) in [6.07, 6.45) is 7.57. The molecule has 1 saturated carbocycles. The van der Waals surface area contributed by atoms with E-state index in [2.05, 4.69) is 66.9 Å². The van der Waals surface area contributed by atoms with Crippen LogP contribution in [0.3, 0.4) is 0 Å². The van der Waals surface area contributed by atoms with Crippen molar-refractivity contribution in [2.75, 3.05) is 25.9 Å². The molecule has 1 N–H and O–H groups in total. The maximum absolute atomic E-state index is 12.1. The predicted molar refractivity (Wildman–Crippen MR) is 162 cm³/mol. The lowest BCUT2D eigenvalue weighted by molar-refractivity contribution is -0.0311. The van der Waals surface area contributed by atoms with Gasteiger partial charge in [0.1, 0.15) is 11.2 Å². The summed E-state index contributed by atoms with van der Waals surface area (Å²) in [6, 6.07) is 2.76. The number of aryl methyl sites for hydroxylation is 2. The van der Waals surface area contributed by atoms with Crippen LogP contribution in [0, 0.1) is 38.0 Å². The Morgan fingerprint density at radius 1 is 1.20 bits per heavy atom. The lowest BCUT2D eigenvalue weighted by Crippen LogP contribution is -2.72. The number of thiophene rings is 1. The number of H-pyrrole nitrogens is 1. The van der Waals surface area contributed by atoms with Gasteiger partial charge in [0.15, 0.2) is 5.65 Å². The number of nitriles is 1. The van der Waals surface area contributed by atoms with Gasteiger partial charge in [-0.05, 0) is 73.6 Å². The number of hydrogen-bond acceptors (Lipinski definition) is 7. The molecule has 0 radical (unpaired) electrons. The monoisotopic (exact) mass is 591 g/mol. The molecular weight excluding hydrogens is 555 g/mol. The number of nitrogens with one attached hydrogen (secondary N) is 1. The molecule has 216 valence electrons. The number of aromatic nitrogens is 4. The fourth-order valence-corrected chi connectivity index (χ4v) is 10.5. The van der Waals surface area contributed by atoms with Gasteiger partial charge in [0.2, 0.25) is 10.0 Å². The average Bonchev–Trinajstić information content (AvgIpc) is 3.69. The molecule has 2 saturated heterocycles. The van der Waals surface area contributed by atoms with E-state index >= 15 is 0 Å². The van der Waals surface area contributed by atoms with Crippen molar-refractivity contribution in [2.45, 2.75) is 77.3 Å². The molecule has 11 heteroatoms. The maximum Gasteiger partial charge on any atom is 0.211 e. The Labute approximate surface area is 245 Å². The first-order valence-corrected chi connectivity index (χ1v) is 17.1. The molecule has 4 aromatic heterocycles. The van der Waals surface area contributed by atoms with Crippen LogP contribution in [0.15, 0.2) is 12.5 Å². The number of pyridine rings is 1. The zero-order valence-corrected chi connectivity index (χ0v) is 26.2. The number of sulfonamides is 1. The molecule has 41 heavy (non-hydrogen) atoms. The third-order valence-electron chi connectivity index (χ3n) is 10.2. The van der Waals surface area contributed by atoms with Gasteiger partial charge >= 0.3 is 0 Å². The van der Waals surface area contributed by atoms with Gasteiger partial charge in [-0.15, -0.1) is 11.3 Å². The Morgan fingerprint density at radius 3 is 2.59 bits per heavy atom. The smallest absolute Gasteiger partial charge is 0.211 e. The summed E-state index contributed by atoms with van der Waals surface area (Å²) in [6.45, 7) is 13.0. The van der Waals surface area contributed by atoms with Gasteiger partial charge in [0, 0.05) is 47.7 Å². The zero-order valence-electron chi connectivity index (χ0n) is 24.5. The molecule has 3 fully saturated rings. The van der Waals surface area contributed by atoms with Crippen molar-refractivity contribution in [3.8, 4) is 17.3 Å². The normalized spacial score (nSPS) is 24.6. The molecule has 2 aliphatic heterocycles. The van der Waals surface area contributed by atoms with E-state index in [-0.39, 0.29) is 5.54 Å². The molecule has 0 amide bonds. The summed E-state index contributed by atoms with van der Waals surface area (Å²) in [5.74, 6) is 1.39. The summed E-state index contributed by atoms with van der Waals surface area (Å²) in [4.78, 5) is 13.5. The van der Waals surface area contributed by atoms with Gasteiger partial charge in [0.25, 0.3) is 0 Å². The number of piperidine rings is 1. The first kappa shape index (κ1) is 27.1. The highest BCUT2D eigenvalue weighted by Gasteiger charge is 2.58. The van der Waals surface area contributed by atoms with E-state index in [1.165, 1.54) is 53.6 Å². The third kappa shape index (κ3) is 3.87. The lowest BCUT2D eigenvalue weighted by atomic mass is 9.82. The zero-order chi connectivity index (χ0) is 29.0. The van der Waals surface area contributed by atoms with Crippen LogP contribution >= 0.6 is 11.3 Å². The van der Waals surface area contributed by atoms with E-state index in [1.807, 2.05) is 15.9 Å². The third-order valence-corrected chi connectivity index (χ3v) is 12.8. The van der Waals surface area contributed by atoms with Crippen LogP contribution in [0.2, 0.25) is 0 Å². The molecule has 2 unspecified atom stereocenters. The number of aromatic amines is 1. The van der Waals surface area contributed by atoms with Gasteiger partial charge < -0.3 is 4.98 Å². The van der Waals surface area contributed by atoms with Crippen molar-refractivity contribution in [3.05, 3.63) is 39.7 Å². The Kier molecular flexibility index (Phi) is 6.02. The van der Waals surface area contributed by atoms with E-state index in [9.17, 15) is 13.7 Å². The maximum atomic E-state index is 12.1. The fraction of sp³-hybridized carbons (Fsp3) is 0.567. The van der Waals surface area contributed by atoms with E-state index < -0.39 is 10.0 Å². The van der Waals surface area contributed by atoms with Crippen LogP contribution in [-0.4, -0.2) is 74.7 Å². The molecule has 6 heterocycles. The van der Waals surface area contributed by atoms with Crippen molar-refractivity contribution in [3.63, 3.8) is 0 Å². The second kappa shape index (κ2) is 9.11. The topological polar surface area (TPSA) is 110 Å². The summed E-state index contributed by atoms with van der Waals surface area (Å²) in [7, 11) is -3.23. The average molecular weight is 592 g/mol. The van der Waals surface area contributed by atoms with Gasteiger partial charge in [-0.2, -0.15) is 14.7 Å². The predicted octanol–water partition coefficient (Wildman–Crippen LogP) is 5.09. The molecular formula is C30H37N7O2S2. The van der Waals surface area contributed by atoms with E-state index in [0.29, 0.717) is 43.3 Å². The van der Waals surface area contributed by atoms with Crippen LogP contribution in [-0.2, 0) is 10.0 Å². The minimum Gasteiger partial charge on any atom is -0.346 e. The summed E-state index contributed by atoms with van der Waals surface area (Å²) in [5.41, 5.74) is 8.07. The number of likely N-dealkylation sites (tertiary alicyclic amines) is 1. The fourth-order valence-electron chi connectivity index (χ4n) is 8.09. The van der Waals surface area contributed by atoms with E-state index in [4.69, 9.17) is 0 Å². The summed E-state index contributed by atoms with van der Waals surface area (Å²) in [5, 5.41) is 15.4. The van der Waals surface area contributed by atoms with Gasteiger partial charge in [-0.3, -0.25) is 4.90 Å². The Morgan fingerprint density at radius 2 is 1.95 bits per heavy atom. The SMILES string of the molecule is Cc1c(-c2[nH]c3sc([C@@H]4CC5CC4CN5C4(CC#N)CN(S(C)(=O)=O)C4)c(C)c3c2C(C)C)cn2ncnc2c1C. The highest BCUT2D eigenvalue weighted by atomic mass is 32.2. The standard InChI is InChI=1S/C30H37N7O2S2/c1-16(2)24-25-19(5)27(40-29(25)34-26(24)23-12-37-28(32-15-33-37)18(4)17(23)3)22-10-21-9-20(22)11-36(21)30(7-8-31)13-35(14-30)41(6,38)39/h12,15-16,20-22,34H,7,9-11,13-14H2,1-6H3/t20?,21?,22-/m1/s1. The van der Waals surface area contributed by atoms with E-state index in [0.717, 1.165) is 30.6 Å². The van der Waals surface area contributed by atoms with Gasteiger partial charge in [-0.25, -0.2) is 17.9 Å². The van der Waals surface area contributed by atoms with Crippen LogP contribution in [0.1, 0.15) is 72.1 Å². The molecule has 7 rings (SSSR count). The first-order valence-electron chi connectivity index (χ1n) is 14.5. The van der Waals surface area contributed by atoms with E-state index in [1.54, 1.807) is 6.33 Å². The van der Waals surface area contributed by atoms with Crippen LogP contribution in [0.25, 0.3) is 27.1 Å². The summed E-state index contributed by atoms with van der Waals surface area (Å²) < 4.78 is 27.6. The second-order valence-corrected chi connectivity index (χ2v) is 16.0. The molecule has 9 nitrogen and oxygen atoms in total. The van der Waals surface area contributed by atoms with Crippen LogP contribution in [0.4, 0.5) is 0 Å². The van der Waals surface area contributed by atoms with Crippen LogP contribution in [0.5, 0.6) is 0 Å². The van der Waals surface area contributed by atoms with Crippen molar-refractivity contribution in [1.82, 2.24) is 28.8 Å². The van der Waals surface area contributed by atoms with Crippen molar-refractivity contribution >= 4 is 37.2 Å². The lowest BCUT2D eigenvalue weighted by Gasteiger charge is -2.55. The molecule has 2 bridgehead atoms. The van der Waals surface area contributed by atoms with Gasteiger partial charge in [-0.1, -0.05) is 13.8 Å². The minimum absolute atomic E-state index is 0.334. The molecule has 0 aromatic carbocycles. The van der Waals surface area contributed by atoms with Crippen LogP contribution < -0.4 is 0 Å². The van der Waals surface area contributed by atoms with Gasteiger partial charge in [0.05, 0.1) is 30.0 Å². The quantitative estimate of drug-likeness (QED) is 0.334. The Bertz CT molecular complexity index is 1850. The Hall–Kier alpha value is -2.78. The highest BCUT2D eigenvalue weighted by Crippen LogP contribution is 2.55. The van der Waals surface area contributed by atoms with Crippen molar-refractivity contribution in [1.29, 1.82) is 5.26 Å². The number of rotatable bonds is 6. The molecule has 3 atom stereocenters. The molecule has 3 aliphatic rings. The molecule has 1 aliphatic carbocycles. The number of fused-ring (bicyclic) bond motifs is 4. The number of nitrogens with zero attached hydrogens (tertiary/aromatic N) is 6. The minimum atomic E-state index is -3.23. The highest BCUT2D eigenvalue weighted by molar-refractivity contribution is 7.88. The molecule has 0 spiro atoms. The Balaban J connectivity index is 1.22. The first-order chi connectivity index (χ1) is 19.4. The second-order valence-electron chi connectivity index (χ2n) is 12.9. The van der Waals surface area contributed by atoms with Crippen molar-refractivity contribution in [2.24, 2.45) is 5.92 Å². The van der Waals surface area contributed by atoms with Crippen molar-refractivity contribution < 1.29 is 8.42 Å². The molecule has 4 aromatic rings.